The SMILES string of the molecule is O=C(O)CCCCCCCCCCCNC(=O)NC1CCOCC1. The highest BCUT2D eigenvalue weighted by atomic mass is 16.5. The molecular formula is C18H34N2O4. The number of urea groups is 1. The number of nitrogens with one attached hydrogen (secondary N) is 2. The topological polar surface area (TPSA) is 87.7 Å². The molecule has 0 unspecified atom stereocenters. The number of carboxylic acids is 1. The molecule has 1 aliphatic rings. The molecule has 0 aliphatic carbocycles. The van der Waals surface area contributed by atoms with E-state index in [0.29, 0.717) is 6.42 Å². The van der Waals surface area contributed by atoms with Crippen molar-refractivity contribution in [2.45, 2.75) is 83.1 Å². The maximum absolute atomic E-state index is 11.7. The Bertz CT molecular complexity index is 344. The lowest BCUT2D eigenvalue weighted by Gasteiger charge is -2.23. The number of carboxylic acid groups (broad SMARTS) is 1. The molecule has 3 N–H and O–H groups in total. The summed E-state index contributed by atoms with van der Waals surface area (Å²) in [6.07, 6.45) is 12.1. The molecular weight excluding hydrogens is 308 g/mol. The Hall–Kier alpha value is -1.30. The molecule has 140 valence electrons. The van der Waals surface area contributed by atoms with Crippen LogP contribution in [-0.2, 0) is 9.53 Å². The minimum atomic E-state index is -0.690. The van der Waals surface area contributed by atoms with Crippen LogP contribution in [0.25, 0.3) is 0 Å². The second-order valence-electron chi connectivity index (χ2n) is 6.61. The molecule has 0 aromatic rings. The van der Waals surface area contributed by atoms with Gasteiger partial charge in [-0.05, 0) is 25.7 Å². The second kappa shape index (κ2) is 14.1. The van der Waals surface area contributed by atoms with Gasteiger partial charge in [0.1, 0.15) is 0 Å². The van der Waals surface area contributed by atoms with Crippen LogP contribution in [0.15, 0.2) is 0 Å². The van der Waals surface area contributed by atoms with E-state index in [2.05, 4.69) is 10.6 Å². The number of unbranched alkanes of at least 4 members (excludes halogenated alkanes) is 8. The first-order valence-corrected chi connectivity index (χ1v) is 9.52. The van der Waals surface area contributed by atoms with Gasteiger partial charge < -0.3 is 20.5 Å². The van der Waals surface area contributed by atoms with Gasteiger partial charge in [-0.2, -0.15) is 0 Å². The fourth-order valence-corrected chi connectivity index (χ4v) is 2.92. The molecule has 1 fully saturated rings. The second-order valence-corrected chi connectivity index (χ2v) is 6.61. The van der Waals surface area contributed by atoms with Crippen molar-refractivity contribution in [3.8, 4) is 0 Å². The van der Waals surface area contributed by atoms with E-state index in [1.54, 1.807) is 0 Å². The summed E-state index contributed by atoms with van der Waals surface area (Å²) in [4.78, 5) is 22.1. The number of hydrogen-bond donors (Lipinski definition) is 3. The average molecular weight is 342 g/mol. The zero-order valence-corrected chi connectivity index (χ0v) is 14.9. The van der Waals surface area contributed by atoms with Gasteiger partial charge in [-0.15, -0.1) is 0 Å². The quantitative estimate of drug-likeness (QED) is 0.447. The van der Waals surface area contributed by atoms with Crippen molar-refractivity contribution in [1.82, 2.24) is 10.6 Å². The predicted molar refractivity (Wildman–Crippen MR) is 94.2 cm³/mol. The molecule has 2 amide bonds. The highest BCUT2D eigenvalue weighted by Gasteiger charge is 2.15. The van der Waals surface area contributed by atoms with Crippen LogP contribution in [-0.4, -0.2) is 42.9 Å². The summed E-state index contributed by atoms with van der Waals surface area (Å²) in [5, 5.41) is 14.5. The van der Waals surface area contributed by atoms with Crippen LogP contribution in [0.1, 0.15) is 77.0 Å². The van der Waals surface area contributed by atoms with Gasteiger partial charge in [-0.3, -0.25) is 4.79 Å². The van der Waals surface area contributed by atoms with Crippen LogP contribution in [0, 0.1) is 0 Å². The van der Waals surface area contributed by atoms with Crippen LogP contribution in [0.4, 0.5) is 4.79 Å². The number of carbonyl (C=O) groups is 2. The lowest BCUT2D eigenvalue weighted by atomic mass is 10.1. The van der Waals surface area contributed by atoms with Gasteiger partial charge in [0.15, 0.2) is 0 Å². The first kappa shape index (κ1) is 20.7. The molecule has 0 saturated carbocycles. The van der Waals surface area contributed by atoms with Crippen molar-refractivity contribution >= 4 is 12.0 Å². The number of aliphatic carboxylic acids is 1. The summed E-state index contributed by atoms with van der Waals surface area (Å²) in [7, 11) is 0. The zero-order chi connectivity index (χ0) is 17.5. The minimum absolute atomic E-state index is 0.0525. The van der Waals surface area contributed by atoms with E-state index in [0.717, 1.165) is 64.7 Å². The van der Waals surface area contributed by atoms with Crippen molar-refractivity contribution < 1.29 is 19.4 Å². The van der Waals surface area contributed by atoms with Gasteiger partial charge in [-0.1, -0.05) is 44.9 Å². The Kier molecular flexibility index (Phi) is 12.2. The third kappa shape index (κ3) is 12.2. The van der Waals surface area contributed by atoms with Gasteiger partial charge in [0.25, 0.3) is 0 Å². The van der Waals surface area contributed by atoms with Crippen molar-refractivity contribution in [3.63, 3.8) is 0 Å². The van der Waals surface area contributed by atoms with Crippen molar-refractivity contribution in [2.24, 2.45) is 0 Å². The van der Waals surface area contributed by atoms with Crippen molar-refractivity contribution in [3.05, 3.63) is 0 Å². The Balaban J connectivity index is 1.78. The monoisotopic (exact) mass is 342 g/mol. The van der Waals surface area contributed by atoms with Gasteiger partial charge in [-0.25, -0.2) is 4.79 Å². The molecule has 1 aliphatic heterocycles. The first-order chi connectivity index (χ1) is 11.7. The molecule has 0 bridgehead atoms. The Morgan fingerprint density at radius 2 is 1.42 bits per heavy atom. The van der Waals surface area contributed by atoms with Crippen molar-refractivity contribution in [2.75, 3.05) is 19.8 Å². The molecule has 0 aromatic carbocycles. The summed E-state index contributed by atoms with van der Waals surface area (Å²) < 4.78 is 5.27. The van der Waals surface area contributed by atoms with Crippen molar-refractivity contribution in [1.29, 1.82) is 0 Å². The smallest absolute Gasteiger partial charge is 0.315 e. The van der Waals surface area contributed by atoms with Gasteiger partial charge in [0, 0.05) is 32.2 Å². The Morgan fingerprint density at radius 3 is 2.00 bits per heavy atom. The highest BCUT2D eigenvalue weighted by Crippen LogP contribution is 2.10. The van der Waals surface area contributed by atoms with E-state index in [1.807, 2.05) is 0 Å². The van der Waals surface area contributed by atoms with E-state index in [1.165, 1.54) is 25.7 Å². The van der Waals surface area contributed by atoms with E-state index < -0.39 is 5.97 Å². The number of amides is 2. The normalized spacial score (nSPS) is 15.2. The summed E-state index contributed by atoms with van der Waals surface area (Å²) in [5.41, 5.74) is 0. The summed E-state index contributed by atoms with van der Waals surface area (Å²) >= 11 is 0. The third-order valence-electron chi connectivity index (χ3n) is 4.41. The lowest BCUT2D eigenvalue weighted by molar-refractivity contribution is -0.137. The lowest BCUT2D eigenvalue weighted by Crippen LogP contribution is -2.44. The third-order valence-corrected chi connectivity index (χ3v) is 4.41. The van der Waals surface area contributed by atoms with Gasteiger partial charge >= 0.3 is 12.0 Å². The maximum atomic E-state index is 11.7. The van der Waals surface area contributed by atoms with Crippen LogP contribution in [0.5, 0.6) is 0 Å². The molecule has 1 heterocycles. The number of hydrogen-bond acceptors (Lipinski definition) is 3. The van der Waals surface area contributed by atoms with E-state index in [-0.39, 0.29) is 12.1 Å². The Morgan fingerprint density at radius 1 is 0.875 bits per heavy atom. The zero-order valence-electron chi connectivity index (χ0n) is 14.9. The number of rotatable bonds is 13. The van der Waals surface area contributed by atoms with Crippen LogP contribution < -0.4 is 10.6 Å². The van der Waals surface area contributed by atoms with E-state index in [9.17, 15) is 9.59 Å². The Labute approximate surface area is 145 Å². The molecule has 24 heavy (non-hydrogen) atoms. The fourth-order valence-electron chi connectivity index (χ4n) is 2.92. The largest absolute Gasteiger partial charge is 0.481 e. The molecule has 0 radical (unpaired) electrons. The average Bonchev–Trinajstić information content (AvgIpc) is 2.56. The molecule has 6 nitrogen and oxygen atoms in total. The molecule has 6 heteroatoms. The number of ether oxygens (including phenoxy) is 1. The van der Waals surface area contributed by atoms with Gasteiger partial charge in [0.05, 0.1) is 0 Å². The van der Waals surface area contributed by atoms with E-state index in [4.69, 9.17) is 9.84 Å². The molecule has 0 spiro atoms. The standard InChI is InChI=1S/C18H34N2O4/c21-17(22)10-8-6-4-2-1-3-5-7-9-13-19-18(23)20-16-11-14-24-15-12-16/h16H,1-15H2,(H,21,22)(H2,19,20,23). The van der Waals surface area contributed by atoms with Crippen LogP contribution >= 0.6 is 0 Å². The van der Waals surface area contributed by atoms with Gasteiger partial charge in [0.2, 0.25) is 0 Å². The predicted octanol–water partition coefficient (Wildman–Crippen LogP) is 3.45. The minimum Gasteiger partial charge on any atom is -0.481 e. The first-order valence-electron chi connectivity index (χ1n) is 9.52. The summed E-state index contributed by atoms with van der Waals surface area (Å²) in [5.74, 6) is -0.690. The van der Waals surface area contributed by atoms with Crippen LogP contribution in [0.2, 0.25) is 0 Å². The number of carbonyl (C=O) groups excluding carboxylic acids is 1. The van der Waals surface area contributed by atoms with E-state index >= 15 is 0 Å². The maximum Gasteiger partial charge on any atom is 0.315 e. The molecule has 0 atom stereocenters. The fraction of sp³-hybridized carbons (Fsp3) is 0.889. The summed E-state index contributed by atoms with van der Waals surface area (Å²) in [6.45, 7) is 2.22. The van der Waals surface area contributed by atoms with Crippen LogP contribution in [0.3, 0.4) is 0 Å². The summed E-state index contributed by atoms with van der Waals surface area (Å²) in [6, 6.07) is 0.206. The molecule has 1 saturated heterocycles. The highest BCUT2D eigenvalue weighted by molar-refractivity contribution is 5.74. The molecule has 0 aromatic heterocycles. The molecule has 1 rings (SSSR count).